The Kier molecular flexibility index (Phi) is 3.45. The molecule has 0 bridgehead atoms. The third-order valence-electron chi connectivity index (χ3n) is 4.28. The topological polar surface area (TPSA) is 55.1 Å². The lowest BCUT2D eigenvalue weighted by Crippen LogP contribution is -2.34. The molecule has 1 aliphatic rings. The van der Waals surface area contributed by atoms with Crippen molar-refractivity contribution < 1.29 is 4.79 Å². The molecule has 0 unspecified atom stereocenters. The van der Waals surface area contributed by atoms with Crippen LogP contribution >= 0.6 is 0 Å². The minimum absolute atomic E-state index is 0.0843. The molecule has 1 fully saturated rings. The number of rotatable bonds is 5. The molecule has 0 spiro atoms. The Bertz CT molecular complexity index is 626. The van der Waals surface area contributed by atoms with Crippen molar-refractivity contribution in [1.82, 2.24) is 5.32 Å². The Balaban J connectivity index is 1.68. The summed E-state index contributed by atoms with van der Waals surface area (Å²) in [4.78, 5) is 12.1. The van der Waals surface area contributed by atoms with E-state index in [9.17, 15) is 4.79 Å². The molecule has 3 nitrogen and oxygen atoms in total. The fourth-order valence-electron chi connectivity index (χ4n) is 2.60. The van der Waals surface area contributed by atoms with Crippen molar-refractivity contribution in [2.45, 2.75) is 19.3 Å². The standard InChI is InChI=1S/C17H20N2O/c18-11-17(8-9-17)12-19-16(20)10-14-6-3-5-13-4-1-2-7-15(13)14/h1-7H,8-12,18H2,(H,19,20). The van der Waals surface area contributed by atoms with E-state index >= 15 is 0 Å². The summed E-state index contributed by atoms with van der Waals surface area (Å²) in [5.41, 5.74) is 7.00. The Hall–Kier alpha value is -1.87. The van der Waals surface area contributed by atoms with Crippen molar-refractivity contribution in [3.8, 4) is 0 Å². The fraction of sp³-hybridized carbons (Fsp3) is 0.353. The summed E-state index contributed by atoms with van der Waals surface area (Å²) in [5.74, 6) is 0.0843. The maximum absolute atomic E-state index is 12.1. The van der Waals surface area contributed by atoms with Gasteiger partial charge >= 0.3 is 0 Å². The maximum atomic E-state index is 12.1. The molecule has 3 N–H and O–H groups in total. The van der Waals surface area contributed by atoms with Gasteiger partial charge in [0.25, 0.3) is 0 Å². The van der Waals surface area contributed by atoms with Gasteiger partial charge in [0.2, 0.25) is 5.91 Å². The summed E-state index contributed by atoms with van der Waals surface area (Å²) in [7, 11) is 0. The molecule has 1 saturated carbocycles. The third-order valence-corrected chi connectivity index (χ3v) is 4.28. The molecule has 20 heavy (non-hydrogen) atoms. The molecule has 1 aliphatic carbocycles. The van der Waals surface area contributed by atoms with Gasteiger partial charge in [0.15, 0.2) is 0 Å². The van der Waals surface area contributed by atoms with Crippen LogP contribution in [0.1, 0.15) is 18.4 Å². The Labute approximate surface area is 119 Å². The molecule has 1 amide bonds. The zero-order valence-electron chi connectivity index (χ0n) is 11.6. The van der Waals surface area contributed by atoms with Crippen LogP contribution in [0, 0.1) is 5.41 Å². The van der Waals surface area contributed by atoms with Gasteiger partial charge in [-0.05, 0) is 41.1 Å². The van der Waals surface area contributed by atoms with E-state index in [2.05, 4.69) is 23.5 Å². The molecule has 2 aromatic rings. The highest BCUT2D eigenvalue weighted by atomic mass is 16.1. The lowest BCUT2D eigenvalue weighted by atomic mass is 10.0. The fourth-order valence-corrected chi connectivity index (χ4v) is 2.60. The molecule has 2 aromatic carbocycles. The molecule has 0 atom stereocenters. The molecule has 0 aliphatic heterocycles. The molecular weight excluding hydrogens is 248 g/mol. The van der Waals surface area contributed by atoms with Crippen molar-refractivity contribution in [1.29, 1.82) is 0 Å². The lowest BCUT2D eigenvalue weighted by molar-refractivity contribution is -0.120. The van der Waals surface area contributed by atoms with Gasteiger partial charge < -0.3 is 11.1 Å². The smallest absolute Gasteiger partial charge is 0.224 e. The number of fused-ring (bicyclic) bond motifs is 1. The first kappa shape index (κ1) is 13.1. The minimum Gasteiger partial charge on any atom is -0.355 e. The second-order valence-electron chi connectivity index (χ2n) is 5.80. The van der Waals surface area contributed by atoms with E-state index in [1.807, 2.05) is 24.3 Å². The van der Waals surface area contributed by atoms with Crippen LogP contribution in [0.3, 0.4) is 0 Å². The van der Waals surface area contributed by atoms with Crippen LogP contribution < -0.4 is 11.1 Å². The highest BCUT2D eigenvalue weighted by Gasteiger charge is 2.41. The first-order chi connectivity index (χ1) is 9.72. The van der Waals surface area contributed by atoms with Crippen LogP contribution in [0.5, 0.6) is 0 Å². The number of benzene rings is 2. The number of nitrogens with one attached hydrogen (secondary N) is 1. The second-order valence-corrected chi connectivity index (χ2v) is 5.80. The van der Waals surface area contributed by atoms with E-state index in [0.717, 1.165) is 23.8 Å². The average Bonchev–Trinajstić information content (AvgIpc) is 3.26. The van der Waals surface area contributed by atoms with Gasteiger partial charge in [0.1, 0.15) is 0 Å². The first-order valence-electron chi connectivity index (χ1n) is 7.16. The van der Waals surface area contributed by atoms with Gasteiger partial charge in [-0.15, -0.1) is 0 Å². The predicted molar refractivity (Wildman–Crippen MR) is 81.4 cm³/mol. The molecule has 104 valence electrons. The van der Waals surface area contributed by atoms with Crippen molar-refractivity contribution in [2.75, 3.05) is 13.1 Å². The predicted octanol–water partition coefficient (Wildman–Crippen LogP) is 2.24. The number of hydrogen-bond donors (Lipinski definition) is 2. The summed E-state index contributed by atoms with van der Waals surface area (Å²) in [5, 5.41) is 5.37. The van der Waals surface area contributed by atoms with E-state index < -0.39 is 0 Å². The van der Waals surface area contributed by atoms with Crippen LogP contribution in [-0.4, -0.2) is 19.0 Å². The van der Waals surface area contributed by atoms with E-state index in [4.69, 9.17) is 5.73 Å². The Morgan fingerprint density at radius 2 is 1.90 bits per heavy atom. The number of carbonyl (C=O) groups is 1. The van der Waals surface area contributed by atoms with Crippen molar-refractivity contribution in [3.63, 3.8) is 0 Å². The normalized spacial score (nSPS) is 16.1. The molecular formula is C17H20N2O. The van der Waals surface area contributed by atoms with Crippen molar-refractivity contribution >= 4 is 16.7 Å². The summed E-state index contributed by atoms with van der Waals surface area (Å²) in [6, 6.07) is 14.3. The molecule has 0 aromatic heterocycles. The van der Waals surface area contributed by atoms with Gasteiger partial charge in [0.05, 0.1) is 6.42 Å². The number of amides is 1. The van der Waals surface area contributed by atoms with Crippen molar-refractivity contribution in [2.24, 2.45) is 11.1 Å². The zero-order chi connectivity index (χ0) is 14.0. The SMILES string of the molecule is NCC1(CNC(=O)Cc2cccc3ccccc23)CC1. The van der Waals surface area contributed by atoms with Gasteiger partial charge in [-0.2, -0.15) is 0 Å². The van der Waals surface area contributed by atoms with Crippen LogP contribution in [0.15, 0.2) is 42.5 Å². The summed E-state index contributed by atoms with van der Waals surface area (Å²) in [6.07, 6.45) is 2.71. The van der Waals surface area contributed by atoms with E-state index in [1.165, 1.54) is 5.39 Å². The number of carbonyl (C=O) groups excluding carboxylic acids is 1. The molecule has 3 rings (SSSR count). The maximum Gasteiger partial charge on any atom is 0.224 e. The first-order valence-corrected chi connectivity index (χ1v) is 7.16. The molecule has 0 saturated heterocycles. The monoisotopic (exact) mass is 268 g/mol. The summed E-state index contributed by atoms with van der Waals surface area (Å²) in [6.45, 7) is 1.38. The van der Waals surface area contributed by atoms with Gasteiger partial charge in [0, 0.05) is 6.54 Å². The van der Waals surface area contributed by atoms with Gasteiger partial charge in [-0.25, -0.2) is 0 Å². The number of hydrogen-bond acceptors (Lipinski definition) is 2. The molecule has 3 heteroatoms. The third kappa shape index (κ3) is 2.68. The molecule has 0 heterocycles. The van der Waals surface area contributed by atoms with E-state index in [-0.39, 0.29) is 11.3 Å². The van der Waals surface area contributed by atoms with E-state index in [1.54, 1.807) is 0 Å². The highest BCUT2D eigenvalue weighted by molar-refractivity contribution is 5.90. The van der Waals surface area contributed by atoms with Crippen LogP contribution in [0.4, 0.5) is 0 Å². The minimum atomic E-state index is 0.0843. The largest absolute Gasteiger partial charge is 0.355 e. The van der Waals surface area contributed by atoms with Crippen LogP contribution in [0.2, 0.25) is 0 Å². The second kappa shape index (κ2) is 5.25. The zero-order valence-corrected chi connectivity index (χ0v) is 11.6. The summed E-state index contributed by atoms with van der Waals surface area (Å²) >= 11 is 0. The Morgan fingerprint density at radius 1 is 1.15 bits per heavy atom. The van der Waals surface area contributed by atoms with Crippen LogP contribution in [0.25, 0.3) is 10.8 Å². The van der Waals surface area contributed by atoms with E-state index in [0.29, 0.717) is 19.5 Å². The lowest BCUT2D eigenvalue weighted by Gasteiger charge is -2.13. The summed E-state index contributed by atoms with van der Waals surface area (Å²) < 4.78 is 0. The quantitative estimate of drug-likeness (QED) is 0.873. The highest BCUT2D eigenvalue weighted by Crippen LogP contribution is 2.43. The average molecular weight is 268 g/mol. The number of nitrogens with two attached hydrogens (primary N) is 1. The van der Waals surface area contributed by atoms with Gasteiger partial charge in [-0.3, -0.25) is 4.79 Å². The van der Waals surface area contributed by atoms with Crippen molar-refractivity contribution in [3.05, 3.63) is 48.0 Å². The van der Waals surface area contributed by atoms with Crippen LogP contribution in [-0.2, 0) is 11.2 Å². The van der Waals surface area contributed by atoms with Gasteiger partial charge in [-0.1, -0.05) is 42.5 Å². The molecule has 0 radical (unpaired) electrons. The Morgan fingerprint density at radius 3 is 2.65 bits per heavy atom.